The van der Waals surface area contributed by atoms with Gasteiger partial charge in [-0.25, -0.2) is 0 Å². The molecule has 160 valence electrons. The van der Waals surface area contributed by atoms with Crippen molar-refractivity contribution < 1.29 is 65.4 Å². The molecule has 0 saturated heterocycles. The third-order valence-electron chi connectivity index (χ3n) is 7.17. The van der Waals surface area contributed by atoms with Crippen molar-refractivity contribution in [1.29, 1.82) is 0 Å². The molecule has 0 atom stereocenters. The summed E-state index contributed by atoms with van der Waals surface area (Å²) in [7, 11) is 0. The van der Waals surface area contributed by atoms with Gasteiger partial charge in [0.15, 0.2) is 0 Å². The summed E-state index contributed by atoms with van der Waals surface area (Å²) in [4.78, 5) is 0. The van der Waals surface area contributed by atoms with Gasteiger partial charge < -0.3 is 0 Å². The van der Waals surface area contributed by atoms with E-state index in [1.165, 1.54) is 54.9 Å². The summed E-state index contributed by atoms with van der Waals surface area (Å²) in [6.07, 6.45) is 0. The first kappa shape index (κ1) is 24.7. The van der Waals surface area contributed by atoms with Crippen molar-refractivity contribution >= 4 is 21.5 Å². The molecule has 6 aromatic carbocycles. The molecular formula is C33H20Y2-2. The Morgan fingerprint density at radius 2 is 0.771 bits per heavy atom. The second kappa shape index (κ2) is 9.83. The van der Waals surface area contributed by atoms with E-state index in [0.717, 1.165) is 0 Å². The molecule has 0 aromatic heterocycles. The summed E-state index contributed by atoms with van der Waals surface area (Å²) in [5, 5.41) is 5.08. The number of hydrogen-bond acceptors (Lipinski definition) is 0. The Bertz CT molecular complexity index is 1530. The van der Waals surface area contributed by atoms with Gasteiger partial charge in [-0.15, -0.1) is 11.1 Å². The molecule has 1 aliphatic carbocycles. The minimum Gasteiger partial charge on any atom is -0.184 e. The van der Waals surface area contributed by atoms with E-state index in [2.05, 4.69) is 109 Å². The van der Waals surface area contributed by atoms with Crippen LogP contribution in [0.1, 0.15) is 22.3 Å². The number of rotatable bonds is 2. The van der Waals surface area contributed by atoms with Crippen LogP contribution in [0.4, 0.5) is 0 Å². The van der Waals surface area contributed by atoms with E-state index in [4.69, 9.17) is 0 Å². The van der Waals surface area contributed by atoms with Gasteiger partial charge in [0.25, 0.3) is 0 Å². The zero-order valence-electron chi connectivity index (χ0n) is 19.2. The molecule has 0 N–H and O–H groups in total. The van der Waals surface area contributed by atoms with E-state index in [1.807, 2.05) is 24.3 Å². The molecule has 7 rings (SSSR count). The van der Waals surface area contributed by atoms with Crippen LogP contribution in [0.5, 0.6) is 0 Å². The Balaban J connectivity index is 0.00000127. The zero-order valence-corrected chi connectivity index (χ0v) is 24.9. The SMILES string of the molecule is [Y].[Y].[c-]1ccc(C2(c3cc[c-]cc3)c3cc4ccccc4cc3-c3cc4ccccc4cc32)cc1. The van der Waals surface area contributed by atoms with Crippen molar-refractivity contribution in [2.45, 2.75) is 5.41 Å². The van der Waals surface area contributed by atoms with E-state index in [0.29, 0.717) is 0 Å². The average Bonchev–Trinajstić information content (AvgIpc) is 3.16. The van der Waals surface area contributed by atoms with Gasteiger partial charge in [0.2, 0.25) is 0 Å². The van der Waals surface area contributed by atoms with Gasteiger partial charge in [-0.2, -0.15) is 60.7 Å². The van der Waals surface area contributed by atoms with Crippen molar-refractivity contribution in [3.8, 4) is 11.1 Å². The Labute approximate surface area is 256 Å². The van der Waals surface area contributed by atoms with Crippen molar-refractivity contribution in [1.82, 2.24) is 0 Å². The van der Waals surface area contributed by atoms with Gasteiger partial charge in [0.1, 0.15) is 0 Å². The topological polar surface area (TPSA) is 0 Å². The summed E-state index contributed by atoms with van der Waals surface area (Å²) < 4.78 is 0. The summed E-state index contributed by atoms with van der Waals surface area (Å²) in [5.74, 6) is 0. The Morgan fingerprint density at radius 3 is 1.14 bits per heavy atom. The molecule has 0 amide bonds. The number of benzene rings is 6. The van der Waals surface area contributed by atoms with Crippen LogP contribution in [-0.2, 0) is 70.8 Å². The maximum atomic E-state index is 3.23. The minimum atomic E-state index is -0.400. The molecule has 6 aromatic rings. The fourth-order valence-electron chi connectivity index (χ4n) is 5.75. The third-order valence-corrected chi connectivity index (χ3v) is 7.17. The van der Waals surface area contributed by atoms with Gasteiger partial charge in [-0.3, -0.25) is 0 Å². The first-order chi connectivity index (χ1) is 16.4. The molecule has 0 bridgehead atoms. The molecule has 0 spiro atoms. The van der Waals surface area contributed by atoms with Crippen molar-refractivity contribution in [2.24, 2.45) is 0 Å². The van der Waals surface area contributed by atoms with Gasteiger partial charge >= 0.3 is 0 Å². The van der Waals surface area contributed by atoms with Crippen LogP contribution < -0.4 is 0 Å². The van der Waals surface area contributed by atoms with E-state index in [1.54, 1.807) is 0 Å². The summed E-state index contributed by atoms with van der Waals surface area (Å²) in [6.45, 7) is 0. The van der Waals surface area contributed by atoms with Gasteiger partial charge in [0, 0.05) is 70.8 Å². The number of fused-ring (bicyclic) bond motifs is 5. The van der Waals surface area contributed by atoms with Crippen LogP contribution in [0, 0.1) is 12.1 Å². The van der Waals surface area contributed by atoms with E-state index < -0.39 is 5.41 Å². The van der Waals surface area contributed by atoms with Crippen LogP contribution in [-0.4, -0.2) is 0 Å². The molecular weight excluding hydrogens is 574 g/mol. The smallest absolute Gasteiger partial charge is 0.0274 e. The predicted molar refractivity (Wildman–Crippen MR) is 136 cm³/mol. The van der Waals surface area contributed by atoms with Gasteiger partial charge in [0.05, 0.1) is 0 Å². The van der Waals surface area contributed by atoms with Crippen LogP contribution in [0.2, 0.25) is 0 Å². The maximum Gasteiger partial charge on any atom is 0.0274 e. The molecule has 0 heterocycles. The zero-order chi connectivity index (χ0) is 21.8. The molecule has 1 aliphatic rings. The summed E-state index contributed by atoms with van der Waals surface area (Å²) >= 11 is 0. The molecule has 2 radical (unpaired) electrons. The fourth-order valence-corrected chi connectivity index (χ4v) is 5.75. The summed E-state index contributed by atoms with van der Waals surface area (Å²) in [5.41, 5.74) is 7.43. The first-order valence-electron chi connectivity index (χ1n) is 11.4. The standard InChI is InChI=1S/C33H20.2Y/c1-3-15-27(16-4-1)33(28-17-5-2-6-18-28)31-21-25-13-9-7-11-23(25)19-29(31)30-20-24-12-8-10-14-26(24)22-32(30)33;;/h3-22H;;/q-2;;. The van der Waals surface area contributed by atoms with Crippen LogP contribution in [0.25, 0.3) is 32.7 Å². The Kier molecular flexibility index (Phi) is 6.95. The molecule has 0 nitrogen and oxygen atoms in total. The largest absolute Gasteiger partial charge is 0.184 e. The minimum absolute atomic E-state index is 0. The Hall–Kier alpha value is -1.95. The second-order valence-electron chi connectivity index (χ2n) is 8.82. The quantitative estimate of drug-likeness (QED) is 0.178. The van der Waals surface area contributed by atoms with Crippen molar-refractivity contribution in [3.05, 3.63) is 156 Å². The van der Waals surface area contributed by atoms with Crippen LogP contribution >= 0.6 is 0 Å². The first-order valence-corrected chi connectivity index (χ1v) is 11.4. The van der Waals surface area contributed by atoms with Crippen LogP contribution in [0.3, 0.4) is 0 Å². The predicted octanol–water partition coefficient (Wildman–Crippen LogP) is 7.95. The van der Waals surface area contributed by atoms with E-state index in [9.17, 15) is 0 Å². The number of hydrogen-bond donors (Lipinski definition) is 0. The monoisotopic (exact) mass is 594 g/mol. The van der Waals surface area contributed by atoms with Gasteiger partial charge in [-0.05, 0) is 68.1 Å². The molecule has 0 unspecified atom stereocenters. The second-order valence-corrected chi connectivity index (χ2v) is 8.82. The molecule has 35 heavy (non-hydrogen) atoms. The molecule has 2 heteroatoms. The van der Waals surface area contributed by atoms with Crippen molar-refractivity contribution in [3.63, 3.8) is 0 Å². The normalized spacial score (nSPS) is 12.9. The molecule has 0 aliphatic heterocycles. The van der Waals surface area contributed by atoms with Crippen LogP contribution in [0.15, 0.2) is 121 Å². The molecule has 0 fully saturated rings. The van der Waals surface area contributed by atoms with Crippen molar-refractivity contribution in [2.75, 3.05) is 0 Å². The fraction of sp³-hybridized carbons (Fsp3) is 0.0303. The molecule has 0 saturated carbocycles. The van der Waals surface area contributed by atoms with Gasteiger partial charge in [-0.1, -0.05) is 48.5 Å². The van der Waals surface area contributed by atoms with E-state index >= 15 is 0 Å². The third kappa shape index (κ3) is 3.73. The summed E-state index contributed by atoms with van der Waals surface area (Å²) in [6, 6.07) is 50.4. The average molecular weight is 594 g/mol. The Morgan fingerprint density at radius 1 is 0.429 bits per heavy atom. The van der Waals surface area contributed by atoms with E-state index in [-0.39, 0.29) is 65.4 Å². The maximum absolute atomic E-state index is 3.23.